The molecule has 0 radical (unpaired) electrons. The average molecular weight is 496 g/mol. The number of carbonyl (C=O) groups is 1. The first-order valence-corrected chi connectivity index (χ1v) is 13.1. The molecule has 4 aromatic rings. The lowest BCUT2D eigenvalue weighted by Crippen LogP contribution is -2.28. The van der Waals surface area contributed by atoms with Gasteiger partial charge < -0.3 is 5.32 Å². The summed E-state index contributed by atoms with van der Waals surface area (Å²) >= 11 is 1.01. The summed E-state index contributed by atoms with van der Waals surface area (Å²) in [5, 5.41) is 2.91. The maximum atomic E-state index is 13.2. The molecule has 0 unspecified atom stereocenters. The second-order valence-corrected chi connectivity index (χ2v) is 10.9. The number of sulfonamides is 1. The fraction of sp³-hybridized carbons (Fsp3) is 0.200. The molecule has 4 rings (SSSR count). The molecule has 0 aliphatic heterocycles. The predicted octanol–water partition coefficient (Wildman–Crippen LogP) is 4.94. The van der Waals surface area contributed by atoms with E-state index in [0.717, 1.165) is 16.9 Å². The van der Waals surface area contributed by atoms with E-state index in [1.54, 1.807) is 34.9 Å². The van der Waals surface area contributed by atoms with Gasteiger partial charge in [0.1, 0.15) is 0 Å². The lowest BCUT2D eigenvalue weighted by molar-refractivity contribution is 0.0941. The summed E-state index contributed by atoms with van der Waals surface area (Å²) < 4.78 is 31.1. The lowest BCUT2D eigenvalue weighted by Gasteiger charge is -2.17. The van der Waals surface area contributed by atoms with E-state index in [1.807, 2.05) is 51.1 Å². The molecule has 2 N–H and O–H groups in total. The summed E-state index contributed by atoms with van der Waals surface area (Å²) in [5.74, 6) is -0.391. The van der Waals surface area contributed by atoms with Crippen LogP contribution in [0.15, 0.2) is 82.5 Å². The minimum Gasteiger partial charge on any atom is -0.345 e. The Morgan fingerprint density at radius 1 is 0.941 bits per heavy atom. The molecular formula is C25H25N3O4S2. The molecule has 0 spiro atoms. The Labute approximate surface area is 202 Å². The van der Waals surface area contributed by atoms with Crippen LogP contribution in [0.4, 0.5) is 5.69 Å². The van der Waals surface area contributed by atoms with Gasteiger partial charge in [0.25, 0.3) is 15.9 Å². The van der Waals surface area contributed by atoms with Crippen LogP contribution in [0.5, 0.6) is 0 Å². The normalized spacial score (nSPS) is 12.6. The third-order valence-electron chi connectivity index (χ3n) is 5.47. The first-order valence-electron chi connectivity index (χ1n) is 10.8. The number of rotatable bonds is 7. The molecule has 0 fully saturated rings. The Hall–Kier alpha value is -3.43. The monoisotopic (exact) mass is 495 g/mol. The second kappa shape index (κ2) is 9.44. The molecule has 3 aromatic carbocycles. The van der Waals surface area contributed by atoms with E-state index in [9.17, 15) is 18.0 Å². The van der Waals surface area contributed by atoms with Gasteiger partial charge in [-0.3, -0.25) is 18.9 Å². The first-order chi connectivity index (χ1) is 16.2. The quantitative estimate of drug-likeness (QED) is 0.380. The number of hydrogen-bond donors (Lipinski definition) is 2. The maximum Gasteiger partial charge on any atom is 0.308 e. The molecule has 34 heavy (non-hydrogen) atoms. The van der Waals surface area contributed by atoms with Crippen LogP contribution in [0.1, 0.15) is 48.8 Å². The second-order valence-electron chi connectivity index (χ2n) is 8.22. The zero-order valence-corrected chi connectivity index (χ0v) is 20.6. The van der Waals surface area contributed by atoms with Crippen molar-refractivity contribution in [1.82, 2.24) is 9.88 Å². The number of amides is 1. The first kappa shape index (κ1) is 23.7. The van der Waals surface area contributed by atoms with Crippen molar-refractivity contribution < 1.29 is 13.2 Å². The Morgan fingerprint density at radius 2 is 1.62 bits per heavy atom. The van der Waals surface area contributed by atoms with Gasteiger partial charge in [0.2, 0.25) is 0 Å². The summed E-state index contributed by atoms with van der Waals surface area (Å²) in [6.07, 6.45) is 0. The van der Waals surface area contributed by atoms with Crippen LogP contribution in [-0.2, 0) is 10.0 Å². The number of aromatic nitrogens is 1. The van der Waals surface area contributed by atoms with Crippen molar-refractivity contribution in [1.29, 1.82) is 0 Å². The van der Waals surface area contributed by atoms with Crippen LogP contribution in [0, 0.1) is 0 Å². The smallest absolute Gasteiger partial charge is 0.308 e. The van der Waals surface area contributed by atoms with Crippen molar-refractivity contribution in [3.63, 3.8) is 0 Å². The van der Waals surface area contributed by atoms with Gasteiger partial charge in [0, 0.05) is 6.04 Å². The summed E-state index contributed by atoms with van der Waals surface area (Å²) in [4.78, 5) is 25.2. The highest BCUT2D eigenvalue weighted by Gasteiger charge is 2.21. The van der Waals surface area contributed by atoms with Crippen LogP contribution in [0.25, 0.3) is 10.2 Å². The number of fused-ring (bicyclic) bond motifs is 1. The van der Waals surface area contributed by atoms with Crippen molar-refractivity contribution >= 4 is 43.2 Å². The molecule has 1 heterocycles. The van der Waals surface area contributed by atoms with Gasteiger partial charge in [0.05, 0.1) is 32.4 Å². The highest BCUT2D eigenvalue weighted by Crippen LogP contribution is 2.26. The zero-order valence-electron chi connectivity index (χ0n) is 19.0. The SMILES string of the molecule is CC(C)n1c(=O)sc2cc(S(=O)(=O)Nc3ccccc3C(=O)N[C@H](C)c3ccccc3)ccc21. The maximum absolute atomic E-state index is 13.2. The summed E-state index contributed by atoms with van der Waals surface area (Å²) in [7, 11) is -4.00. The molecule has 0 saturated heterocycles. The van der Waals surface area contributed by atoms with Crippen LogP contribution < -0.4 is 14.9 Å². The number of anilines is 1. The Kier molecular flexibility index (Phi) is 6.58. The largest absolute Gasteiger partial charge is 0.345 e. The molecule has 9 heteroatoms. The molecule has 176 valence electrons. The molecular weight excluding hydrogens is 470 g/mol. The van der Waals surface area contributed by atoms with E-state index < -0.39 is 15.9 Å². The molecule has 1 atom stereocenters. The average Bonchev–Trinajstić information content (AvgIpc) is 3.14. The van der Waals surface area contributed by atoms with Crippen LogP contribution in [0.2, 0.25) is 0 Å². The Bertz CT molecular complexity index is 1510. The molecule has 0 aliphatic rings. The van der Waals surface area contributed by atoms with Gasteiger partial charge in [-0.25, -0.2) is 8.42 Å². The number of carbonyl (C=O) groups excluding carboxylic acids is 1. The number of benzene rings is 3. The van der Waals surface area contributed by atoms with Gasteiger partial charge in [-0.1, -0.05) is 53.8 Å². The van der Waals surface area contributed by atoms with Gasteiger partial charge >= 0.3 is 4.87 Å². The number of nitrogens with one attached hydrogen (secondary N) is 2. The third-order valence-corrected chi connectivity index (χ3v) is 7.76. The van der Waals surface area contributed by atoms with Crippen molar-refractivity contribution in [3.8, 4) is 0 Å². The predicted molar refractivity (Wildman–Crippen MR) is 136 cm³/mol. The summed E-state index contributed by atoms with van der Waals surface area (Å²) in [5.41, 5.74) is 2.02. The third kappa shape index (κ3) is 4.76. The van der Waals surface area contributed by atoms with E-state index in [-0.39, 0.29) is 33.1 Å². The minimum absolute atomic E-state index is 0.0185. The number of para-hydroxylation sites is 1. The Morgan fingerprint density at radius 3 is 2.32 bits per heavy atom. The van der Waals surface area contributed by atoms with Crippen LogP contribution >= 0.6 is 11.3 Å². The molecule has 1 amide bonds. The zero-order chi connectivity index (χ0) is 24.5. The van der Waals surface area contributed by atoms with E-state index in [1.165, 1.54) is 12.1 Å². The molecule has 0 bridgehead atoms. The van der Waals surface area contributed by atoms with Gasteiger partial charge in [-0.15, -0.1) is 0 Å². The van der Waals surface area contributed by atoms with E-state index in [0.29, 0.717) is 10.2 Å². The molecule has 7 nitrogen and oxygen atoms in total. The van der Waals surface area contributed by atoms with E-state index in [2.05, 4.69) is 10.0 Å². The van der Waals surface area contributed by atoms with Crippen molar-refractivity contribution in [2.45, 2.75) is 37.8 Å². The van der Waals surface area contributed by atoms with Crippen LogP contribution in [-0.4, -0.2) is 18.9 Å². The van der Waals surface area contributed by atoms with Crippen molar-refractivity contribution in [3.05, 3.63) is 93.6 Å². The van der Waals surface area contributed by atoms with Gasteiger partial charge in [-0.2, -0.15) is 0 Å². The highest BCUT2D eigenvalue weighted by atomic mass is 32.2. The van der Waals surface area contributed by atoms with Gasteiger partial charge in [0.15, 0.2) is 0 Å². The fourth-order valence-corrected chi connectivity index (χ4v) is 5.98. The lowest BCUT2D eigenvalue weighted by atomic mass is 10.1. The number of hydrogen-bond acceptors (Lipinski definition) is 5. The van der Waals surface area contributed by atoms with Crippen molar-refractivity contribution in [2.75, 3.05) is 4.72 Å². The van der Waals surface area contributed by atoms with E-state index in [4.69, 9.17) is 0 Å². The molecule has 1 aromatic heterocycles. The van der Waals surface area contributed by atoms with Crippen LogP contribution in [0.3, 0.4) is 0 Å². The van der Waals surface area contributed by atoms with E-state index >= 15 is 0 Å². The van der Waals surface area contributed by atoms with Crippen molar-refractivity contribution in [2.24, 2.45) is 0 Å². The molecule has 0 aliphatic carbocycles. The standard InChI is InChI=1S/C25H25N3O4S2/c1-16(2)28-22-14-13-19(15-23(22)33-25(28)30)34(31,32)27-21-12-8-7-11-20(21)24(29)26-17(3)18-9-5-4-6-10-18/h4-17,27H,1-3H3,(H,26,29)/t17-/m1/s1. The molecule has 0 saturated carbocycles. The highest BCUT2D eigenvalue weighted by molar-refractivity contribution is 7.92. The number of thiazole rings is 1. The summed E-state index contributed by atoms with van der Waals surface area (Å²) in [6.45, 7) is 5.67. The number of nitrogens with zero attached hydrogens (tertiary/aromatic N) is 1. The summed E-state index contributed by atoms with van der Waals surface area (Å²) in [6, 6.07) is 20.3. The Balaban J connectivity index is 1.61. The topological polar surface area (TPSA) is 97.3 Å². The minimum atomic E-state index is -4.00. The fourth-order valence-electron chi connectivity index (χ4n) is 3.75. The van der Waals surface area contributed by atoms with Gasteiger partial charge in [-0.05, 0) is 56.7 Å².